The molecule has 0 bridgehead atoms. The van der Waals surface area contributed by atoms with Crippen molar-refractivity contribution in [2.75, 3.05) is 24.3 Å². The number of rotatable bonds is 6. The zero-order valence-electron chi connectivity index (χ0n) is 20.0. The number of hydrogen-bond acceptors (Lipinski definition) is 9. The first-order valence-corrected chi connectivity index (χ1v) is 12.6. The minimum absolute atomic E-state index is 0.0326. The molecule has 1 aliphatic rings. The van der Waals surface area contributed by atoms with Crippen molar-refractivity contribution in [3.63, 3.8) is 0 Å². The highest BCUT2D eigenvalue weighted by Crippen LogP contribution is 2.40. The van der Waals surface area contributed by atoms with Gasteiger partial charge in [0.1, 0.15) is 11.6 Å². The number of amides is 1. The number of nitrogens with one attached hydrogen (secondary N) is 1. The standard InChI is InChI=1S/C24H28N6O4S/c1-15-12-14-30(24(15,2)3)21-17(10-11-18(27-21)16-7-6-13-26-23(16)34-4)22(31)29-35(32,33)20-9-5-8-19(25)28-20/h5-11,13,15H,12,14H2,1-4H3,(H2,25,28)(H,29,31). The smallest absolute Gasteiger partial charge is 0.281 e. The Balaban J connectivity index is 1.80. The molecule has 0 aliphatic carbocycles. The van der Waals surface area contributed by atoms with E-state index in [1.807, 2.05) is 11.0 Å². The van der Waals surface area contributed by atoms with E-state index in [1.165, 1.54) is 25.3 Å². The van der Waals surface area contributed by atoms with Crippen LogP contribution in [0.25, 0.3) is 11.3 Å². The van der Waals surface area contributed by atoms with Gasteiger partial charge in [0.25, 0.3) is 15.9 Å². The molecule has 3 N–H and O–H groups in total. The van der Waals surface area contributed by atoms with Crippen molar-refractivity contribution in [1.82, 2.24) is 19.7 Å². The van der Waals surface area contributed by atoms with Crippen LogP contribution in [-0.2, 0) is 10.0 Å². The van der Waals surface area contributed by atoms with Crippen LogP contribution in [0.2, 0.25) is 0 Å². The Bertz CT molecular complexity index is 1380. The third kappa shape index (κ3) is 4.63. The van der Waals surface area contributed by atoms with E-state index >= 15 is 0 Å². The minimum atomic E-state index is -4.25. The molecule has 0 aromatic carbocycles. The third-order valence-corrected chi connectivity index (χ3v) is 7.78. The summed E-state index contributed by atoms with van der Waals surface area (Å²) in [6.45, 7) is 6.97. The van der Waals surface area contributed by atoms with Crippen molar-refractivity contribution in [2.24, 2.45) is 5.92 Å². The zero-order chi connectivity index (χ0) is 25.4. The Morgan fingerprint density at radius 3 is 2.60 bits per heavy atom. The summed E-state index contributed by atoms with van der Waals surface area (Å²) in [6, 6.07) is 11.0. The van der Waals surface area contributed by atoms with Crippen LogP contribution < -0.4 is 20.1 Å². The lowest BCUT2D eigenvalue weighted by Crippen LogP contribution is -2.43. The van der Waals surface area contributed by atoms with Gasteiger partial charge in [0.05, 0.1) is 23.9 Å². The van der Waals surface area contributed by atoms with Crippen LogP contribution >= 0.6 is 0 Å². The highest BCUT2D eigenvalue weighted by Gasteiger charge is 2.41. The number of sulfonamides is 1. The average molecular weight is 497 g/mol. The highest BCUT2D eigenvalue weighted by atomic mass is 32.2. The second kappa shape index (κ2) is 9.14. The number of nitrogens with zero attached hydrogens (tertiary/aromatic N) is 4. The highest BCUT2D eigenvalue weighted by molar-refractivity contribution is 7.90. The molecular formula is C24H28N6O4S. The first-order chi connectivity index (χ1) is 16.5. The molecule has 1 fully saturated rings. The third-order valence-electron chi connectivity index (χ3n) is 6.55. The molecule has 0 radical (unpaired) electrons. The van der Waals surface area contributed by atoms with Gasteiger partial charge in [-0.3, -0.25) is 4.79 Å². The quantitative estimate of drug-likeness (QED) is 0.527. The molecule has 0 spiro atoms. The summed E-state index contributed by atoms with van der Waals surface area (Å²) in [4.78, 5) is 28.2. The predicted octanol–water partition coefficient (Wildman–Crippen LogP) is 2.87. The summed E-state index contributed by atoms with van der Waals surface area (Å²) in [6.07, 6.45) is 2.52. The summed E-state index contributed by atoms with van der Waals surface area (Å²) in [5, 5.41) is -0.341. The van der Waals surface area contributed by atoms with E-state index in [-0.39, 0.29) is 21.9 Å². The Morgan fingerprint density at radius 2 is 1.94 bits per heavy atom. The maximum absolute atomic E-state index is 13.3. The number of methoxy groups -OCH3 is 1. The van der Waals surface area contributed by atoms with E-state index in [2.05, 4.69) is 35.5 Å². The van der Waals surface area contributed by atoms with Crippen LogP contribution in [-0.4, -0.2) is 48.5 Å². The Labute approximate surface area is 204 Å². The molecule has 1 atom stereocenters. The molecule has 1 unspecified atom stereocenters. The molecule has 3 aromatic heterocycles. The summed E-state index contributed by atoms with van der Waals surface area (Å²) < 4.78 is 33.2. The maximum Gasteiger partial charge on any atom is 0.281 e. The lowest BCUT2D eigenvalue weighted by Gasteiger charge is -2.36. The van der Waals surface area contributed by atoms with Crippen LogP contribution in [0.4, 0.5) is 11.6 Å². The number of pyridine rings is 3. The van der Waals surface area contributed by atoms with Crippen molar-refractivity contribution in [1.29, 1.82) is 0 Å². The van der Waals surface area contributed by atoms with E-state index in [0.717, 1.165) is 6.42 Å². The van der Waals surface area contributed by atoms with Gasteiger partial charge in [-0.2, -0.15) is 8.42 Å². The lowest BCUT2D eigenvalue weighted by molar-refractivity contribution is 0.0981. The fourth-order valence-electron chi connectivity index (χ4n) is 4.15. The molecule has 1 amide bonds. The molecule has 1 saturated heterocycles. The number of anilines is 2. The van der Waals surface area contributed by atoms with Crippen molar-refractivity contribution in [2.45, 2.75) is 37.8 Å². The summed E-state index contributed by atoms with van der Waals surface area (Å²) in [5.74, 6) is 0.336. The van der Waals surface area contributed by atoms with E-state index < -0.39 is 15.9 Å². The van der Waals surface area contributed by atoms with E-state index in [0.29, 0.717) is 35.4 Å². The fraction of sp³-hybridized carbons (Fsp3) is 0.333. The number of hydrogen-bond donors (Lipinski definition) is 2. The van der Waals surface area contributed by atoms with Crippen LogP contribution in [0.3, 0.4) is 0 Å². The van der Waals surface area contributed by atoms with E-state index in [1.54, 1.807) is 24.4 Å². The summed E-state index contributed by atoms with van der Waals surface area (Å²) in [7, 11) is -2.73. The van der Waals surface area contributed by atoms with Gasteiger partial charge in [0.15, 0.2) is 5.03 Å². The normalized spacial score (nSPS) is 17.3. The first-order valence-electron chi connectivity index (χ1n) is 11.1. The number of ether oxygens (including phenoxy) is 1. The summed E-state index contributed by atoms with van der Waals surface area (Å²) in [5.41, 5.74) is 6.65. The van der Waals surface area contributed by atoms with Crippen LogP contribution in [0.15, 0.2) is 53.7 Å². The molecular weight excluding hydrogens is 468 g/mol. The molecule has 184 valence electrons. The number of carbonyl (C=O) groups is 1. The maximum atomic E-state index is 13.3. The largest absolute Gasteiger partial charge is 0.481 e. The molecule has 1 aliphatic heterocycles. The molecule has 3 aromatic rings. The van der Waals surface area contributed by atoms with Gasteiger partial charge >= 0.3 is 0 Å². The molecule has 0 saturated carbocycles. The van der Waals surface area contributed by atoms with Crippen molar-refractivity contribution in [3.8, 4) is 17.1 Å². The number of aromatic nitrogens is 3. The minimum Gasteiger partial charge on any atom is -0.481 e. The lowest BCUT2D eigenvalue weighted by atomic mass is 9.90. The molecule has 4 heterocycles. The Morgan fingerprint density at radius 1 is 1.17 bits per heavy atom. The molecule has 10 nitrogen and oxygen atoms in total. The van der Waals surface area contributed by atoms with E-state index in [4.69, 9.17) is 15.5 Å². The van der Waals surface area contributed by atoms with Crippen LogP contribution in [0.5, 0.6) is 5.88 Å². The Kier molecular flexibility index (Phi) is 6.37. The van der Waals surface area contributed by atoms with Crippen molar-refractivity contribution < 1.29 is 17.9 Å². The second-order valence-electron chi connectivity index (χ2n) is 8.96. The number of carbonyl (C=O) groups excluding carboxylic acids is 1. The monoisotopic (exact) mass is 496 g/mol. The van der Waals surface area contributed by atoms with Crippen LogP contribution in [0.1, 0.15) is 37.6 Å². The zero-order valence-corrected chi connectivity index (χ0v) is 20.8. The molecule has 35 heavy (non-hydrogen) atoms. The number of nitrogens with two attached hydrogens (primary N) is 1. The van der Waals surface area contributed by atoms with Gasteiger partial charge in [0.2, 0.25) is 5.88 Å². The average Bonchev–Trinajstić information content (AvgIpc) is 3.10. The van der Waals surface area contributed by atoms with Gasteiger partial charge in [-0.1, -0.05) is 13.0 Å². The van der Waals surface area contributed by atoms with Gasteiger partial charge in [-0.25, -0.2) is 19.7 Å². The van der Waals surface area contributed by atoms with E-state index in [9.17, 15) is 13.2 Å². The summed E-state index contributed by atoms with van der Waals surface area (Å²) >= 11 is 0. The topological polar surface area (TPSA) is 140 Å². The second-order valence-corrected chi connectivity index (χ2v) is 10.6. The van der Waals surface area contributed by atoms with Gasteiger partial charge in [-0.05, 0) is 62.6 Å². The van der Waals surface area contributed by atoms with Crippen LogP contribution in [0, 0.1) is 5.92 Å². The fourth-order valence-corrected chi connectivity index (χ4v) is 5.09. The molecule has 11 heteroatoms. The predicted molar refractivity (Wildman–Crippen MR) is 133 cm³/mol. The van der Waals surface area contributed by atoms with Gasteiger partial charge in [0, 0.05) is 18.3 Å². The van der Waals surface area contributed by atoms with Gasteiger partial charge in [-0.15, -0.1) is 0 Å². The first kappa shape index (κ1) is 24.4. The molecule has 4 rings (SSSR count). The number of nitrogen functional groups attached to an aromatic ring is 1. The van der Waals surface area contributed by atoms with Crippen molar-refractivity contribution >= 4 is 27.6 Å². The van der Waals surface area contributed by atoms with Crippen molar-refractivity contribution in [3.05, 3.63) is 54.2 Å². The van der Waals surface area contributed by atoms with Gasteiger partial charge < -0.3 is 15.4 Å². The SMILES string of the molecule is COc1ncccc1-c1ccc(C(=O)NS(=O)(=O)c2cccc(N)n2)c(N2CCC(C)C2(C)C)n1. The Hall–Kier alpha value is -3.73.